The van der Waals surface area contributed by atoms with Crippen LogP contribution in [0.5, 0.6) is 5.88 Å². The lowest BCUT2D eigenvalue weighted by Crippen LogP contribution is -2.11. The minimum absolute atomic E-state index is 0.0404. The van der Waals surface area contributed by atoms with Gasteiger partial charge in [-0.3, -0.25) is 4.79 Å². The highest BCUT2D eigenvalue weighted by Crippen LogP contribution is 2.10. The number of nitrogens with two attached hydrogens (primary N) is 1. The van der Waals surface area contributed by atoms with E-state index in [-0.39, 0.29) is 11.4 Å². The summed E-state index contributed by atoms with van der Waals surface area (Å²) in [5, 5.41) is 9.04. The Bertz CT molecular complexity index is 345. The third-order valence-corrected chi connectivity index (χ3v) is 1.40. The number of rotatable bonds is 1. The van der Waals surface area contributed by atoms with Crippen LogP contribution in [0.2, 0.25) is 0 Å². The van der Waals surface area contributed by atoms with E-state index in [9.17, 15) is 4.79 Å². The number of H-pyrrole nitrogens is 1. The smallest absolute Gasteiger partial charge is 0.254 e. The highest BCUT2D eigenvalue weighted by Gasteiger charge is 2.05. The minimum Gasteiger partial charge on any atom is -0.494 e. The highest BCUT2D eigenvalue weighted by molar-refractivity contribution is 7.71. The molecule has 0 aliphatic heterocycles. The lowest BCUT2D eigenvalue weighted by Gasteiger charge is -1.97. The number of nitrogens with one attached hydrogen (secondary N) is 1. The Labute approximate surface area is 67.7 Å². The fourth-order valence-corrected chi connectivity index (χ4v) is 0.827. The molecule has 11 heavy (non-hydrogen) atoms. The maximum atomic E-state index is 10.5. The van der Waals surface area contributed by atoms with Crippen molar-refractivity contribution < 1.29 is 9.90 Å². The van der Waals surface area contributed by atoms with E-state index < -0.39 is 5.91 Å². The number of primary amides is 1. The SMILES string of the molecule is NC(=O)c1ccc(=S)[nH]c1O. The van der Waals surface area contributed by atoms with E-state index >= 15 is 0 Å². The quantitative estimate of drug-likeness (QED) is 0.538. The molecule has 0 aromatic carbocycles. The van der Waals surface area contributed by atoms with Gasteiger partial charge < -0.3 is 15.8 Å². The van der Waals surface area contributed by atoms with Gasteiger partial charge in [-0.2, -0.15) is 0 Å². The standard InChI is InChI=1S/C6H6N2O2S/c7-5(9)3-1-2-4(11)8-6(3)10/h1-2H,(H2,7,9)(H2,8,10,11). The van der Waals surface area contributed by atoms with Gasteiger partial charge in [-0.25, -0.2) is 0 Å². The zero-order valence-electron chi connectivity index (χ0n) is 5.50. The van der Waals surface area contributed by atoms with Crippen LogP contribution < -0.4 is 5.73 Å². The van der Waals surface area contributed by atoms with E-state index in [2.05, 4.69) is 17.2 Å². The van der Waals surface area contributed by atoms with E-state index in [1.807, 2.05) is 0 Å². The Morgan fingerprint density at radius 2 is 2.27 bits per heavy atom. The largest absolute Gasteiger partial charge is 0.494 e. The summed E-state index contributed by atoms with van der Waals surface area (Å²) in [6, 6.07) is 2.85. The maximum Gasteiger partial charge on any atom is 0.254 e. The molecule has 5 heteroatoms. The van der Waals surface area contributed by atoms with Crippen LogP contribution in [0.1, 0.15) is 10.4 Å². The molecule has 0 aliphatic rings. The first kappa shape index (κ1) is 7.74. The number of carbonyl (C=O) groups excluding carboxylic acids is 1. The third-order valence-electron chi connectivity index (χ3n) is 1.16. The van der Waals surface area contributed by atoms with Crippen molar-refractivity contribution in [1.29, 1.82) is 0 Å². The predicted molar refractivity (Wildman–Crippen MR) is 41.8 cm³/mol. The zero-order valence-corrected chi connectivity index (χ0v) is 6.31. The summed E-state index contributed by atoms with van der Waals surface area (Å²) < 4.78 is 0.354. The molecule has 0 unspecified atom stereocenters. The Morgan fingerprint density at radius 1 is 1.64 bits per heavy atom. The van der Waals surface area contributed by atoms with Gasteiger partial charge in [-0.15, -0.1) is 0 Å². The van der Waals surface area contributed by atoms with Crippen LogP contribution in [-0.2, 0) is 0 Å². The monoisotopic (exact) mass is 170 g/mol. The van der Waals surface area contributed by atoms with Crippen molar-refractivity contribution in [3.63, 3.8) is 0 Å². The van der Waals surface area contributed by atoms with Gasteiger partial charge in [0.2, 0.25) is 5.88 Å². The zero-order chi connectivity index (χ0) is 8.43. The number of aromatic hydroxyl groups is 1. The second-order valence-electron chi connectivity index (χ2n) is 1.95. The minimum atomic E-state index is -0.686. The van der Waals surface area contributed by atoms with Crippen molar-refractivity contribution in [2.24, 2.45) is 5.73 Å². The van der Waals surface area contributed by atoms with Crippen LogP contribution in [-0.4, -0.2) is 16.0 Å². The van der Waals surface area contributed by atoms with Crippen LogP contribution in [0.3, 0.4) is 0 Å². The maximum absolute atomic E-state index is 10.5. The average molecular weight is 170 g/mol. The fourth-order valence-electron chi connectivity index (χ4n) is 0.662. The highest BCUT2D eigenvalue weighted by atomic mass is 32.1. The summed E-state index contributed by atoms with van der Waals surface area (Å²) in [4.78, 5) is 12.9. The molecular formula is C6H6N2O2S. The lowest BCUT2D eigenvalue weighted by molar-refractivity contribution is 0.0997. The van der Waals surface area contributed by atoms with Crippen LogP contribution in [0.15, 0.2) is 12.1 Å². The predicted octanol–water partition coefficient (Wildman–Crippen LogP) is 0.549. The molecule has 1 amide bonds. The Kier molecular flexibility index (Phi) is 1.91. The topological polar surface area (TPSA) is 79.1 Å². The van der Waals surface area contributed by atoms with Crippen molar-refractivity contribution >= 4 is 18.1 Å². The van der Waals surface area contributed by atoms with E-state index in [4.69, 9.17) is 10.8 Å². The molecule has 0 spiro atoms. The molecule has 0 atom stereocenters. The number of hydrogen-bond acceptors (Lipinski definition) is 3. The number of hydrogen-bond donors (Lipinski definition) is 3. The first-order valence-electron chi connectivity index (χ1n) is 2.83. The van der Waals surface area contributed by atoms with Gasteiger partial charge in [0.15, 0.2) is 0 Å². The van der Waals surface area contributed by atoms with Crippen LogP contribution in [0.4, 0.5) is 0 Å². The third kappa shape index (κ3) is 1.56. The second kappa shape index (κ2) is 2.71. The molecule has 0 fully saturated rings. The molecule has 4 N–H and O–H groups in total. The fraction of sp³-hybridized carbons (Fsp3) is 0. The van der Waals surface area contributed by atoms with E-state index in [1.165, 1.54) is 12.1 Å². The molecule has 0 saturated heterocycles. The van der Waals surface area contributed by atoms with E-state index in [0.29, 0.717) is 4.64 Å². The van der Waals surface area contributed by atoms with E-state index in [0.717, 1.165) is 0 Å². The molecule has 4 nitrogen and oxygen atoms in total. The van der Waals surface area contributed by atoms with Crippen molar-refractivity contribution in [3.8, 4) is 5.88 Å². The van der Waals surface area contributed by atoms with Crippen molar-refractivity contribution in [2.45, 2.75) is 0 Å². The van der Waals surface area contributed by atoms with Gasteiger partial charge in [-0.05, 0) is 12.1 Å². The number of aromatic amines is 1. The molecule has 1 rings (SSSR count). The van der Waals surface area contributed by atoms with E-state index in [1.54, 1.807) is 0 Å². The van der Waals surface area contributed by atoms with Gasteiger partial charge >= 0.3 is 0 Å². The van der Waals surface area contributed by atoms with Crippen LogP contribution >= 0.6 is 12.2 Å². The molecule has 0 bridgehead atoms. The van der Waals surface area contributed by atoms with Crippen LogP contribution in [0, 0.1) is 4.64 Å². The summed E-state index contributed by atoms with van der Waals surface area (Å²) >= 11 is 4.68. The number of aromatic nitrogens is 1. The second-order valence-corrected chi connectivity index (χ2v) is 2.39. The molecule has 0 radical (unpaired) electrons. The summed E-state index contributed by atoms with van der Waals surface area (Å²) in [5.41, 5.74) is 4.95. The van der Waals surface area contributed by atoms with Gasteiger partial charge in [0.1, 0.15) is 4.64 Å². The van der Waals surface area contributed by atoms with Gasteiger partial charge in [0.05, 0.1) is 5.56 Å². The van der Waals surface area contributed by atoms with Crippen molar-refractivity contribution in [3.05, 3.63) is 22.3 Å². The van der Waals surface area contributed by atoms with Gasteiger partial charge in [0.25, 0.3) is 5.91 Å². The molecule has 1 aromatic rings. The first-order valence-corrected chi connectivity index (χ1v) is 3.24. The summed E-state index contributed by atoms with van der Waals surface area (Å²) in [6.07, 6.45) is 0. The number of pyridine rings is 1. The van der Waals surface area contributed by atoms with Gasteiger partial charge in [0, 0.05) is 0 Å². The Morgan fingerprint density at radius 3 is 2.73 bits per heavy atom. The average Bonchev–Trinajstić information content (AvgIpc) is 1.85. The molecule has 58 valence electrons. The Hall–Kier alpha value is -1.36. The van der Waals surface area contributed by atoms with Gasteiger partial charge in [-0.1, -0.05) is 12.2 Å². The molecule has 1 aromatic heterocycles. The number of carbonyl (C=O) groups is 1. The summed E-state index contributed by atoms with van der Waals surface area (Å²) in [7, 11) is 0. The van der Waals surface area contributed by atoms with Crippen molar-refractivity contribution in [2.75, 3.05) is 0 Å². The molecule has 0 saturated carbocycles. The molecule has 0 aliphatic carbocycles. The molecular weight excluding hydrogens is 164 g/mol. The summed E-state index contributed by atoms with van der Waals surface area (Å²) in [5.74, 6) is -0.973. The summed E-state index contributed by atoms with van der Waals surface area (Å²) in [6.45, 7) is 0. The first-order chi connectivity index (χ1) is 5.11. The van der Waals surface area contributed by atoms with Crippen molar-refractivity contribution in [1.82, 2.24) is 4.98 Å². The normalized spacial score (nSPS) is 9.45. The lowest BCUT2D eigenvalue weighted by atomic mass is 10.2. The molecule has 1 heterocycles. The van der Waals surface area contributed by atoms with Crippen LogP contribution in [0.25, 0.3) is 0 Å². The number of amides is 1. The Balaban J connectivity index is 3.31.